The molecule has 1 aromatic rings. The Morgan fingerprint density at radius 1 is 1.39 bits per heavy atom. The van der Waals surface area contributed by atoms with Crippen LogP contribution in [0.2, 0.25) is 0 Å². The number of nitrogens with two attached hydrogens (primary N) is 1. The predicted octanol–water partition coefficient (Wildman–Crippen LogP) is 2.08. The predicted molar refractivity (Wildman–Crippen MR) is 80.3 cm³/mol. The van der Waals surface area contributed by atoms with Crippen LogP contribution in [0.3, 0.4) is 0 Å². The van der Waals surface area contributed by atoms with Crippen LogP contribution in [-0.4, -0.2) is 30.2 Å². The molecule has 0 spiro atoms. The van der Waals surface area contributed by atoms with Gasteiger partial charge in [0.25, 0.3) is 0 Å². The van der Waals surface area contributed by atoms with E-state index in [2.05, 4.69) is 0 Å². The first kappa shape index (κ1) is 15.5. The molecular weight excluding hydrogens is 265 g/mol. The fourth-order valence-corrected chi connectivity index (χ4v) is 3.64. The van der Waals surface area contributed by atoms with Gasteiger partial charge in [0.05, 0.1) is 0 Å². The molecule has 5 heteroatoms. The van der Waals surface area contributed by atoms with Crippen LogP contribution in [-0.2, 0) is 15.8 Å². The zero-order chi connectivity index (χ0) is 13.8. The summed E-state index contributed by atoms with van der Waals surface area (Å²) in [5, 5.41) is 0.976. The van der Waals surface area contributed by atoms with Crippen LogP contribution >= 0.6 is 18.9 Å². The van der Waals surface area contributed by atoms with E-state index in [1.807, 2.05) is 24.3 Å². The second-order valence-electron chi connectivity index (χ2n) is 4.75. The van der Waals surface area contributed by atoms with Gasteiger partial charge in [0.1, 0.15) is 7.14 Å². The Labute approximate surface area is 113 Å². The molecule has 0 aliphatic carbocycles. The van der Waals surface area contributed by atoms with Crippen LogP contribution in [0.15, 0.2) is 24.3 Å². The van der Waals surface area contributed by atoms with Gasteiger partial charge in [-0.2, -0.15) is 0 Å². The fraction of sp³-hybridized carbons (Fsp3) is 0.462. The van der Waals surface area contributed by atoms with E-state index in [1.165, 1.54) is 18.7 Å². The molecule has 0 saturated heterocycles. The van der Waals surface area contributed by atoms with Crippen LogP contribution in [0.1, 0.15) is 12.5 Å². The van der Waals surface area contributed by atoms with Crippen molar-refractivity contribution < 1.29 is 9.36 Å². The number of carbonyl (C=O) groups excluding carboxylic acids is 1. The van der Waals surface area contributed by atoms with Gasteiger partial charge in [-0.1, -0.05) is 36.0 Å². The molecule has 0 aromatic heterocycles. The molecule has 1 atom stereocenters. The molecule has 100 valence electrons. The van der Waals surface area contributed by atoms with Crippen molar-refractivity contribution in [3.8, 4) is 0 Å². The van der Waals surface area contributed by atoms with Gasteiger partial charge in [0.2, 0.25) is 0 Å². The van der Waals surface area contributed by atoms with Crippen molar-refractivity contribution in [3.63, 3.8) is 0 Å². The van der Waals surface area contributed by atoms with Gasteiger partial charge in [-0.05, 0) is 25.3 Å². The standard InChI is InChI=1S/C13H20NO2PS/c1-10(15)18-9-12(14)8-11-6-4-5-7-13(11)17(2,3)16/h4-7,12H,8-9,14H2,1-3H3. The van der Waals surface area contributed by atoms with E-state index in [0.29, 0.717) is 12.2 Å². The fourth-order valence-electron chi connectivity index (χ4n) is 1.77. The highest BCUT2D eigenvalue weighted by molar-refractivity contribution is 8.13. The lowest BCUT2D eigenvalue weighted by atomic mass is 10.1. The molecule has 0 bridgehead atoms. The number of rotatable bonds is 5. The normalized spacial score (nSPS) is 13.3. The number of hydrogen-bond donors (Lipinski definition) is 1. The maximum atomic E-state index is 12.2. The van der Waals surface area contributed by atoms with Crippen LogP contribution in [0.5, 0.6) is 0 Å². The Balaban J connectivity index is 2.78. The highest BCUT2D eigenvalue weighted by atomic mass is 32.2. The minimum atomic E-state index is -2.28. The van der Waals surface area contributed by atoms with Crippen LogP contribution in [0.4, 0.5) is 0 Å². The van der Waals surface area contributed by atoms with Crippen LogP contribution < -0.4 is 11.0 Å². The van der Waals surface area contributed by atoms with Gasteiger partial charge in [-0.15, -0.1) is 0 Å². The third-order valence-corrected chi connectivity index (χ3v) is 5.15. The lowest BCUT2D eigenvalue weighted by Gasteiger charge is -2.16. The van der Waals surface area contributed by atoms with Gasteiger partial charge in [-0.3, -0.25) is 4.79 Å². The number of hydrogen-bond acceptors (Lipinski definition) is 4. The first-order chi connectivity index (χ1) is 8.30. The molecule has 0 amide bonds. The zero-order valence-electron chi connectivity index (χ0n) is 11.1. The molecule has 0 heterocycles. The molecule has 3 nitrogen and oxygen atoms in total. The quantitative estimate of drug-likeness (QED) is 0.842. The largest absolute Gasteiger partial charge is 0.327 e. The summed E-state index contributed by atoms with van der Waals surface area (Å²) < 4.78 is 12.2. The molecule has 0 aliphatic rings. The molecule has 0 fully saturated rings. The number of benzene rings is 1. The Morgan fingerprint density at radius 2 is 2.00 bits per heavy atom. The Bertz CT molecular complexity index is 470. The lowest BCUT2D eigenvalue weighted by Crippen LogP contribution is -2.28. The summed E-state index contributed by atoms with van der Waals surface area (Å²) in [6, 6.07) is 7.61. The molecule has 0 saturated carbocycles. The summed E-state index contributed by atoms with van der Waals surface area (Å²) >= 11 is 1.24. The van der Waals surface area contributed by atoms with Crippen molar-refractivity contribution in [3.05, 3.63) is 29.8 Å². The first-order valence-electron chi connectivity index (χ1n) is 5.83. The molecule has 0 radical (unpaired) electrons. The van der Waals surface area contributed by atoms with Gasteiger partial charge >= 0.3 is 0 Å². The SMILES string of the molecule is CC(=O)SCC(N)Cc1ccccc1P(C)(C)=O. The van der Waals surface area contributed by atoms with Crippen molar-refractivity contribution in [1.29, 1.82) is 0 Å². The minimum Gasteiger partial charge on any atom is -0.327 e. The van der Waals surface area contributed by atoms with E-state index in [9.17, 15) is 9.36 Å². The van der Waals surface area contributed by atoms with E-state index in [1.54, 1.807) is 13.3 Å². The molecule has 1 unspecified atom stereocenters. The average molecular weight is 285 g/mol. The third-order valence-electron chi connectivity index (χ3n) is 2.55. The van der Waals surface area contributed by atoms with Crippen molar-refractivity contribution in [2.45, 2.75) is 19.4 Å². The highest BCUT2D eigenvalue weighted by Gasteiger charge is 2.17. The molecule has 0 aliphatic heterocycles. The van der Waals surface area contributed by atoms with Crippen LogP contribution in [0.25, 0.3) is 0 Å². The molecular formula is C13H20NO2PS. The summed E-state index contributed by atoms with van der Waals surface area (Å²) in [5.74, 6) is 0.599. The monoisotopic (exact) mass is 285 g/mol. The van der Waals surface area contributed by atoms with E-state index in [4.69, 9.17) is 5.73 Å². The molecule has 1 aromatic carbocycles. The van der Waals surface area contributed by atoms with Crippen LogP contribution in [0, 0.1) is 0 Å². The summed E-state index contributed by atoms with van der Waals surface area (Å²) in [6.45, 7) is 5.07. The minimum absolute atomic E-state index is 0.0791. The number of thioether (sulfide) groups is 1. The summed E-state index contributed by atoms with van der Waals surface area (Å²) in [5.41, 5.74) is 7.03. The van der Waals surface area contributed by atoms with E-state index < -0.39 is 7.14 Å². The summed E-state index contributed by atoms with van der Waals surface area (Å²) in [4.78, 5) is 10.9. The van der Waals surface area contributed by atoms with Gasteiger partial charge < -0.3 is 10.3 Å². The van der Waals surface area contributed by atoms with Crippen molar-refractivity contribution in [2.75, 3.05) is 19.1 Å². The highest BCUT2D eigenvalue weighted by Crippen LogP contribution is 2.36. The Morgan fingerprint density at radius 3 is 2.56 bits per heavy atom. The van der Waals surface area contributed by atoms with Gasteiger partial charge in [-0.25, -0.2) is 0 Å². The molecule has 2 N–H and O–H groups in total. The first-order valence-corrected chi connectivity index (χ1v) is 9.42. The zero-order valence-corrected chi connectivity index (χ0v) is 12.8. The maximum absolute atomic E-state index is 12.2. The van der Waals surface area contributed by atoms with Crippen molar-refractivity contribution in [1.82, 2.24) is 0 Å². The van der Waals surface area contributed by atoms with Crippen molar-refractivity contribution in [2.24, 2.45) is 5.73 Å². The lowest BCUT2D eigenvalue weighted by molar-refractivity contribution is -0.109. The molecule has 18 heavy (non-hydrogen) atoms. The van der Waals surface area contributed by atoms with Gasteiger partial charge in [0.15, 0.2) is 5.12 Å². The average Bonchev–Trinajstić information content (AvgIpc) is 2.25. The van der Waals surface area contributed by atoms with Gasteiger partial charge in [0, 0.05) is 24.0 Å². The molecule has 1 rings (SSSR count). The summed E-state index contributed by atoms with van der Waals surface area (Å²) in [7, 11) is -2.28. The Kier molecular flexibility index (Phi) is 5.64. The second kappa shape index (κ2) is 6.55. The van der Waals surface area contributed by atoms with E-state index in [0.717, 1.165) is 10.9 Å². The van der Waals surface area contributed by atoms with Crippen molar-refractivity contribution >= 4 is 29.3 Å². The second-order valence-corrected chi connectivity index (χ2v) is 9.13. The Hall–Kier alpha value is -0.570. The van der Waals surface area contributed by atoms with E-state index >= 15 is 0 Å². The van der Waals surface area contributed by atoms with E-state index in [-0.39, 0.29) is 11.2 Å². The third kappa shape index (κ3) is 4.97. The summed E-state index contributed by atoms with van der Waals surface area (Å²) in [6.07, 6.45) is 0.655. The smallest absolute Gasteiger partial charge is 0.185 e. The topological polar surface area (TPSA) is 60.2 Å². The maximum Gasteiger partial charge on any atom is 0.185 e. The number of carbonyl (C=O) groups is 1.